The van der Waals surface area contributed by atoms with Crippen LogP contribution in [-0.4, -0.2) is 22.0 Å². The summed E-state index contributed by atoms with van der Waals surface area (Å²) < 4.78 is 5.28. The minimum atomic E-state index is -0.974. The number of aromatic carboxylic acids is 1. The van der Waals surface area contributed by atoms with Gasteiger partial charge in [-0.05, 0) is 78.1 Å². The predicted molar refractivity (Wildman–Crippen MR) is 153 cm³/mol. The Bertz CT molecular complexity index is 1660. The minimum absolute atomic E-state index is 0.212. The van der Waals surface area contributed by atoms with Crippen molar-refractivity contribution in [3.63, 3.8) is 0 Å². The summed E-state index contributed by atoms with van der Waals surface area (Å²) in [5.41, 5.74) is 4.41. The molecule has 0 radical (unpaired) electrons. The van der Waals surface area contributed by atoms with Gasteiger partial charge in [0.2, 0.25) is 0 Å². The molecule has 0 aliphatic carbocycles. The van der Waals surface area contributed by atoms with E-state index in [1.54, 1.807) is 30.3 Å². The van der Waals surface area contributed by atoms with Crippen molar-refractivity contribution < 1.29 is 19.1 Å². The molecule has 1 unspecified atom stereocenters. The number of benzene rings is 3. The quantitative estimate of drug-likeness (QED) is 0.204. The first kappa shape index (κ1) is 25.9. The first-order valence-corrected chi connectivity index (χ1v) is 12.8. The van der Waals surface area contributed by atoms with Crippen LogP contribution >= 0.6 is 11.6 Å². The number of carboxylic acid groups (broad SMARTS) is 1. The molecule has 0 aliphatic rings. The largest absolute Gasteiger partial charge is 0.478 e. The standard InChI is InChI=1S/C32H25ClN2O4/c33-25-14-11-23-12-16-26(34-29(23)20-25)15-10-21-5-3-7-24(19-21)28(35-31(36)30-9-4-18-39-30)17-13-22-6-1-2-8-27(22)32(37)38/h1-12,14-16,18-20,28H,13,17H2,(H,35,36)(H,37,38)/b15-10+. The highest BCUT2D eigenvalue weighted by atomic mass is 35.5. The highest BCUT2D eigenvalue weighted by Gasteiger charge is 2.19. The molecule has 0 aliphatic heterocycles. The van der Waals surface area contributed by atoms with Gasteiger partial charge in [-0.25, -0.2) is 9.78 Å². The molecule has 3 aromatic carbocycles. The van der Waals surface area contributed by atoms with Crippen LogP contribution in [0.15, 0.2) is 102 Å². The number of carbonyl (C=O) groups excluding carboxylic acids is 1. The zero-order valence-electron chi connectivity index (χ0n) is 20.9. The molecule has 2 N–H and O–H groups in total. The molecule has 0 saturated carbocycles. The van der Waals surface area contributed by atoms with Crippen LogP contribution in [0.25, 0.3) is 23.1 Å². The number of hydrogen-bond donors (Lipinski definition) is 2. The van der Waals surface area contributed by atoms with Gasteiger partial charge < -0.3 is 14.8 Å². The van der Waals surface area contributed by atoms with Crippen LogP contribution in [0, 0.1) is 0 Å². The Morgan fingerprint density at radius 1 is 0.949 bits per heavy atom. The Hall–Kier alpha value is -4.68. The Kier molecular flexibility index (Phi) is 7.85. The molecule has 1 atom stereocenters. The smallest absolute Gasteiger partial charge is 0.335 e. The molecule has 5 aromatic rings. The minimum Gasteiger partial charge on any atom is -0.478 e. The van der Waals surface area contributed by atoms with E-state index in [2.05, 4.69) is 10.3 Å². The summed E-state index contributed by atoms with van der Waals surface area (Å²) in [5.74, 6) is -1.10. The number of nitrogens with zero attached hydrogens (tertiary/aromatic N) is 1. The second kappa shape index (κ2) is 11.8. The van der Waals surface area contributed by atoms with E-state index in [0.717, 1.165) is 27.7 Å². The fourth-order valence-electron chi connectivity index (χ4n) is 4.47. The van der Waals surface area contributed by atoms with Gasteiger partial charge in [0.05, 0.1) is 29.1 Å². The maximum absolute atomic E-state index is 12.9. The number of aryl methyl sites for hydroxylation is 1. The zero-order chi connectivity index (χ0) is 27.2. The van der Waals surface area contributed by atoms with E-state index in [0.29, 0.717) is 23.4 Å². The van der Waals surface area contributed by atoms with E-state index in [4.69, 9.17) is 16.0 Å². The summed E-state index contributed by atoms with van der Waals surface area (Å²) in [7, 11) is 0. The average Bonchev–Trinajstić information content (AvgIpc) is 3.49. The van der Waals surface area contributed by atoms with Crippen molar-refractivity contribution in [3.05, 3.63) is 136 Å². The Morgan fingerprint density at radius 2 is 1.79 bits per heavy atom. The van der Waals surface area contributed by atoms with Crippen LogP contribution < -0.4 is 5.32 Å². The number of pyridine rings is 1. The number of fused-ring (bicyclic) bond motifs is 1. The van der Waals surface area contributed by atoms with Crippen LogP contribution in [0.2, 0.25) is 5.02 Å². The SMILES string of the molecule is O=C(NC(CCc1ccccc1C(=O)O)c1cccc(/C=C/c2ccc3ccc(Cl)cc3n2)c1)c1ccco1. The third kappa shape index (κ3) is 6.43. The van der Waals surface area contributed by atoms with E-state index in [-0.39, 0.29) is 23.3 Å². The summed E-state index contributed by atoms with van der Waals surface area (Å²) in [6.45, 7) is 0. The van der Waals surface area contributed by atoms with E-state index in [9.17, 15) is 14.7 Å². The van der Waals surface area contributed by atoms with Gasteiger partial charge in [0.25, 0.3) is 5.91 Å². The van der Waals surface area contributed by atoms with Crippen molar-refractivity contribution in [2.75, 3.05) is 0 Å². The lowest BCUT2D eigenvalue weighted by molar-refractivity contribution is 0.0695. The number of furan rings is 1. The number of carboxylic acids is 1. The zero-order valence-corrected chi connectivity index (χ0v) is 21.6. The Morgan fingerprint density at radius 3 is 2.62 bits per heavy atom. The topological polar surface area (TPSA) is 92.4 Å². The molecule has 194 valence electrons. The van der Waals surface area contributed by atoms with Gasteiger partial charge in [0.15, 0.2) is 5.76 Å². The molecule has 0 spiro atoms. The first-order valence-electron chi connectivity index (χ1n) is 12.5. The second-order valence-corrected chi connectivity index (χ2v) is 9.52. The van der Waals surface area contributed by atoms with Gasteiger partial charge in [-0.2, -0.15) is 0 Å². The molecular weight excluding hydrogens is 512 g/mol. The maximum atomic E-state index is 12.9. The van der Waals surface area contributed by atoms with Crippen LogP contribution in [0.5, 0.6) is 0 Å². The molecule has 39 heavy (non-hydrogen) atoms. The van der Waals surface area contributed by atoms with Crippen LogP contribution in [0.1, 0.15) is 55.8 Å². The van der Waals surface area contributed by atoms with E-state index in [1.807, 2.05) is 72.8 Å². The molecule has 2 heterocycles. The van der Waals surface area contributed by atoms with E-state index >= 15 is 0 Å². The summed E-state index contributed by atoms with van der Waals surface area (Å²) in [5, 5.41) is 14.3. The molecule has 6 nitrogen and oxygen atoms in total. The molecule has 0 fully saturated rings. The van der Waals surface area contributed by atoms with Gasteiger partial charge in [0, 0.05) is 10.4 Å². The molecule has 1 amide bonds. The van der Waals surface area contributed by atoms with Crippen LogP contribution in [-0.2, 0) is 6.42 Å². The highest BCUT2D eigenvalue weighted by molar-refractivity contribution is 6.31. The number of rotatable bonds is 9. The van der Waals surface area contributed by atoms with E-state index in [1.165, 1.54) is 6.26 Å². The molecule has 5 rings (SSSR count). The number of amides is 1. The lowest BCUT2D eigenvalue weighted by atomic mass is 9.95. The van der Waals surface area contributed by atoms with Gasteiger partial charge in [0.1, 0.15) is 0 Å². The van der Waals surface area contributed by atoms with Crippen molar-refractivity contribution >= 4 is 46.5 Å². The highest BCUT2D eigenvalue weighted by Crippen LogP contribution is 2.24. The third-order valence-corrected chi connectivity index (χ3v) is 6.67. The van der Waals surface area contributed by atoms with Gasteiger partial charge in [-0.1, -0.05) is 66.2 Å². The van der Waals surface area contributed by atoms with Crippen molar-refractivity contribution in [2.45, 2.75) is 18.9 Å². The van der Waals surface area contributed by atoms with Crippen molar-refractivity contribution in [1.82, 2.24) is 10.3 Å². The fourth-order valence-corrected chi connectivity index (χ4v) is 4.63. The molecule has 2 aromatic heterocycles. The number of halogens is 1. The van der Waals surface area contributed by atoms with Gasteiger partial charge >= 0.3 is 5.97 Å². The summed E-state index contributed by atoms with van der Waals surface area (Å²) >= 11 is 6.13. The average molecular weight is 537 g/mol. The number of hydrogen-bond acceptors (Lipinski definition) is 4. The summed E-state index contributed by atoms with van der Waals surface area (Å²) in [4.78, 5) is 29.2. The third-order valence-electron chi connectivity index (χ3n) is 6.44. The Labute approximate surface area is 230 Å². The Balaban J connectivity index is 1.40. The summed E-state index contributed by atoms with van der Waals surface area (Å²) in [6, 6.07) is 27.2. The van der Waals surface area contributed by atoms with Crippen LogP contribution in [0.3, 0.4) is 0 Å². The summed E-state index contributed by atoms with van der Waals surface area (Å²) in [6.07, 6.45) is 6.31. The predicted octanol–water partition coefficient (Wildman–Crippen LogP) is 7.45. The number of carbonyl (C=O) groups is 2. The van der Waals surface area contributed by atoms with Gasteiger partial charge in [-0.3, -0.25) is 4.79 Å². The monoisotopic (exact) mass is 536 g/mol. The van der Waals surface area contributed by atoms with Crippen molar-refractivity contribution in [1.29, 1.82) is 0 Å². The number of aromatic nitrogens is 1. The van der Waals surface area contributed by atoms with Gasteiger partial charge in [-0.15, -0.1) is 0 Å². The second-order valence-electron chi connectivity index (χ2n) is 9.08. The maximum Gasteiger partial charge on any atom is 0.335 e. The number of nitrogens with one attached hydrogen (secondary N) is 1. The van der Waals surface area contributed by atoms with Crippen molar-refractivity contribution in [3.8, 4) is 0 Å². The molecule has 0 bridgehead atoms. The first-order chi connectivity index (χ1) is 19.0. The fraction of sp³-hybridized carbons (Fsp3) is 0.0938. The molecular formula is C32H25ClN2O4. The van der Waals surface area contributed by atoms with Crippen LogP contribution in [0.4, 0.5) is 0 Å². The van der Waals surface area contributed by atoms with E-state index < -0.39 is 5.97 Å². The van der Waals surface area contributed by atoms with Crippen molar-refractivity contribution in [2.24, 2.45) is 0 Å². The molecule has 7 heteroatoms. The normalized spacial score (nSPS) is 12.0. The molecule has 0 saturated heterocycles. The lowest BCUT2D eigenvalue weighted by Gasteiger charge is -2.20. The lowest BCUT2D eigenvalue weighted by Crippen LogP contribution is -2.28.